The third-order valence-electron chi connectivity index (χ3n) is 2.09. The fourth-order valence-electron chi connectivity index (χ4n) is 1.32. The van der Waals surface area contributed by atoms with Crippen LogP contribution in [0.4, 0.5) is 0 Å². The van der Waals surface area contributed by atoms with E-state index in [0.29, 0.717) is 10.7 Å². The van der Waals surface area contributed by atoms with E-state index in [2.05, 4.69) is 4.98 Å². The molecule has 4 nitrogen and oxygen atoms in total. The van der Waals surface area contributed by atoms with Gasteiger partial charge >= 0.3 is 5.97 Å². The van der Waals surface area contributed by atoms with Crippen LogP contribution in [0.5, 0.6) is 5.75 Å². The number of aromatic nitrogens is 1. The van der Waals surface area contributed by atoms with Gasteiger partial charge in [0.15, 0.2) is 0 Å². The number of aromatic carboxylic acids is 1. The van der Waals surface area contributed by atoms with Gasteiger partial charge in [0.2, 0.25) is 0 Å². The first kappa shape index (κ1) is 10.6. The molecular formula is C11H8NO3S-. The average molecular weight is 234 g/mol. The smallest absolute Gasteiger partial charge is 0.347 e. The highest BCUT2D eigenvalue weighted by atomic mass is 32.1. The molecule has 0 atom stereocenters. The number of thiazole rings is 1. The fraction of sp³-hybridized carbons (Fsp3) is 0.0909. The highest BCUT2D eigenvalue weighted by Crippen LogP contribution is 2.28. The number of hydrogen-bond donors (Lipinski definition) is 1. The van der Waals surface area contributed by atoms with Gasteiger partial charge in [-0.05, 0) is 6.92 Å². The van der Waals surface area contributed by atoms with Crippen molar-refractivity contribution < 1.29 is 15.0 Å². The van der Waals surface area contributed by atoms with Gasteiger partial charge in [-0.2, -0.15) is 0 Å². The van der Waals surface area contributed by atoms with Crippen LogP contribution in [0.15, 0.2) is 24.3 Å². The summed E-state index contributed by atoms with van der Waals surface area (Å²) in [7, 11) is 0. The van der Waals surface area contributed by atoms with E-state index in [1.54, 1.807) is 19.1 Å². The first-order chi connectivity index (χ1) is 7.58. The number of carboxylic acids is 1. The molecule has 0 radical (unpaired) electrons. The molecule has 0 amide bonds. The molecule has 5 heteroatoms. The van der Waals surface area contributed by atoms with Crippen LogP contribution >= 0.6 is 11.3 Å². The third-order valence-corrected chi connectivity index (χ3v) is 3.29. The summed E-state index contributed by atoms with van der Waals surface area (Å²) in [5.74, 6) is -1.04. The van der Waals surface area contributed by atoms with E-state index in [1.807, 2.05) is 0 Å². The van der Waals surface area contributed by atoms with Crippen LogP contribution in [-0.2, 0) is 0 Å². The quantitative estimate of drug-likeness (QED) is 0.861. The topological polar surface area (TPSA) is 73.2 Å². The summed E-state index contributed by atoms with van der Waals surface area (Å²) >= 11 is 1.11. The SMILES string of the molecule is Cc1nc(-c2ccc([O-])cc2)sc1C(=O)O. The van der Waals surface area contributed by atoms with Crippen molar-refractivity contribution in [2.45, 2.75) is 6.92 Å². The molecule has 0 fully saturated rings. The van der Waals surface area contributed by atoms with Crippen LogP contribution in [0.25, 0.3) is 10.6 Å². The fourth-order valence-corrected chi connectivity index (χ4v) is 2.23. The summed E-state index contributed by atoms with van der Waals surface area (Å²) in [4.78, 5) is 15.2. The van der Waals surface area contributed by atoms with Gasteiger partial charge in [-0.15, -0.1) is 17.1 Å². The molecule has 0 spiro atoms. The Labute approximate surface area is 95.8 Å². The highest BCUT2D eigenvalue weighted by Gasteiger charge is 2.14. The standard InChI is InChI=1S/C11H9NO3S/c1-6-9(11(14)15)16-10(12-6)7-2-4-8(13)5-3-7/h2-5,13H,1H3,(H,14,15)/p-1. The number of nitrogens with zero attached hydrogens (tertiary/aromatic N) is 1. The van der Waals surface area contributed by atoms with Crippen molar-refractivity contribution >= 4 is 17.3 Å². The van der Waals surface area contributed by atoms with Crippen molar-refractivity contribution in [3.8, 4) is 16.3 Å². The maximum Gasteiger partial charge on any atom is 0.347 e. The van der Waals surface area contributed by atoms with E-state index in [-0.39, 0.29) is 10.6 Å². The summed E-state index contributed by atoms with van der Waals surface area (Å²) < 4.78 is 0. The van der Waals surface area contributed by atoms with E-state index in [0.717, 1.165) is 16.9 Å². The largest absolute Gasteiger partial charge is 0.872 e. The molecule has 0 aliphatic rings. The van der Waals surface area contributed by atoms with Gasteiger partial charge in [-0.1, -0.05) is 24.3 Å². The second kappa shape index (κ2) is 3.94. The second-order valence-electron chi connectivity index (χ2n) is 3.26. The molecule has 2 rings (SSSR count). The minimum Gasteiger partial charge on any atom is -0.872 e. The van der Waals surface area contributed by atoms with Gasteiger partial charge in [0.25, 0.3) is 0 Å². The predicted molar refractivity (Wildman–Crippen MR) is 58.7 cm³/mol. The molecule has 0 saturated heterocycles. The van der Waals surface area contributed by atoms with Crippen molar-refractivity contribution in [2.24, 2.45) is 0 Å². The lowest BCUT2D eigenvalue weighted by Crippen LogP contribution is -1.94. The molecule has 1 aromatic heterocycles. The molecule has 82 valence electrons. The monoisotopic (exact) mass is 234 g/mol. The molecule has 1 N–H and O–H groups in total. The Hall–Kier alpha value is -1.88. The van der Waals surface area contributed by atoms with E-state index >= 15 is 0 Å². The summed E-state index contributed by atoms with van der Waals surface area (Å²) in [5, 5.41) is 20.4. The van der Waals surface area contributed by atoms with Crippen molar-refractivity contribution in [1.82, 2.24) is 4.98 Å². The average Bonchev–Trinajstić information content (AvgIpc) is 2.61. The molecule has 16 heavy (non-hydrogen) atoms. The third kappa shape index (κ3) is 1.90. The van der Waals surface area contributed by atoms with Gasteiger partial charge in [-0.25, -0.2) is 9.78 Å². The normalized spacial score (nSPS) is 10.3. The number of carboxylic acid groups (broad SMARTS) is 1. The van der Waals surface area contributed by atoms with Crippen LogP contribution in [0.2, 0.25) is 0 Å². The van der Waals surface area contributed by atoms with Crippen molar-refractivity contribution in [2.75, 3.05) is 0 Å². The first-order valence-electron chi connectivity index (χ1n) is 4.56. The lowest BCUT2D eigenvalue weighted by Gasteiger charge is -2.03. The van der Waals surface area contributed by atoms with E-state index in [1.165, 1.54) is 12.1 Å². The van der Waals surface area contributed by atoms with Crippen molar-refractivity contribution in [3.05, 3.63) is 34.8 Å². The zero-order chi connectivity index (χ0) is 11.7. The predicted octanol–water partition coefficient (Wildman–Crippen LogP) is 1.89. The Morgan fingerprint density at radius 3 is 2.50 bits per heavy atom. The summed E-state index contributed by atoms with van der Waals surface area (Å²) in [6, 6.07) is 6.16. The van der Waals surface area contributed by atoms with E-state index < -0.39 is 5.97 Å². The van der Waals surface area contributed by atoms with Crippen LogP contribution in [0.1, 0.15) is 15.4 Å². The number of aryl methyl sites for hydroxylation is 1. The molecule has 0 saturated carbocycles. The lowest BCUT2D eigenvalue weighted by atomic mass is 10.2. The number of benzene rings is 1. The summed E-state index contributed by atoms with van der Waals surface area (Å²) in [5.41, 5.74) is 1.26. The molecule has 2 aromatic rings. The molecule has 0 bridgehead atoms. The van der Waals surface area contributed by atoms with Crippen LogP contribution in [0.3, 0.4) is 0 Å². The second-order valence-corrected chi connectivity index (χ2v) is 4.26. The van der Waals surface area contributed by atoms with E-state index in [4.69, 9.17) is 5.11 Å². The lowest BCUT2D eigenvalue weighted by molar-refractivity contribution is -0.268. The minimum atomic E-state index is -0.971. The van der Waals surface area contributed by atoms with Gasteiger partial charge in [0.05, 0.1) is 5.69 Å². The molecular weight excluding hydrogens is 226 g/mol. The minimum absolute atomic E-state index is 0.0736. The maximum absolute atomic E-state index is 10.9. The molecule has 0 unspecified atom stereocenters. The van der Waals surface area contributed by atoms with E-state index in [9.17, 15) is 9.90 Å². The Morgan fingerprint density at radius 1 is 1.38 bits per heavy atom. The van der Waals surface area contributed by atoms with Crippen LogP contribution in [-0.4, -0.2) is 16.1 Å². The summed E-state index contributed by atoms with van der Waals surface area (Å²) in [6.07, 6.45) is 0. The Kier molecular flexibility index (Phi) is 2.62. The van der Waals surface area contributed by atoms with Gasteiger partial charge in [-0.3, -0.25) is 0 Å². The number of rotatable bonds is 2. The highest BCUT2D eigenvalue weighted by molar-refractivity contribution is 7.17. The molecule has 1 aromatic carbocycles. The van der Waals surface area contributed by atoms with Gasteiger partial charge < -0.3 is 10.2 Å². The van der Waals surface area contributed by atoms with Gasteiger partial charge in [0.1, 0.15) is 9.88 Å². The van der Waals surface area contributed by atoms with Crippen LogP contribution in [0, 0.1) is 6.92 Å². The molecule has 0 aliphatic carbocycles. The Morgan fingerprint density at radius 2 is 2.00 bits per heavy atom. The van der Waals surface area contributed by atoms with Crippen molar-refractivity contribution in [1.29, 1.82) is 0 Å². The zero-order valence-corrected chi connectivity index (χ0v) is 9.25. The molecule has 0 aliphatic heterocycles. The molecule has 1 heterocycles. The zero-order valence-electron chi connectivity index (χ0n) is 8.43. The first-order valence-corrected chi connectivity index (χ1v) is 5.38. The Balaban J connectivity index is 2.45. The number of carbonyl (C=O) groups is 1. The van der Waals surface area contributed by atoms with Crippen molar-refractivity contribution in [3.63, 3.8) is 0 Å². The number of hydrogen-bond acceptors (Lipinski definition) is 4. The Bertz CT molecular complexity index is 531. The summed E-state index contributed by atoms with van der Waals surface area (Å²) in [6.45, 7) is 1.66. The maximum atomic E-state index is 10.9. The van der Waals surface area contributed by atoms with Gasteiger partial charge in [0, 0.05) is 5.56 Å². The van der Waals surface area contributed by atoms with Crippen LogP contribution < -0.4 is 5.11 Å².